The normalized spacial score (nSPS) is 11.6. The van der Waals surface area contributed by atoms with E-state index in [0.717, 1.165) is 17.2 Å². The Labute approximate surface area is 162 Å². The fourth-order valence-electron chi connectivity index (χ4n) is 2.32. The van der Waals surface area contributed by atoms with E-state index in [1.54, 1.807) is 12.1 Å². The predicted molar refractivity (Wildman–Crippen MR) is 103 cm³/mol. The van der Waals surface area contributed by atoms with Crippen molar-refractivity contribution in [3.8, 4) is 6.07 Å². The van der Waals surface area contributed by atoms with Crippen LogP contribution in [0.1, 0.15) is 11.1 Å². The van der Waals surface area contributed by atoms with Gasteiger partial charge in [-0.25, -0.2) is 0 Å². The third-order valence-corrected chi connectivity index (χ3v) is 4.70. The van der Waals surface area contributed by atoms with Gasteiger partial charge in [0.2, 0.25) is 0 Å². The second-order valence-corrected chi connectivity index (χ2v) is 7.54. The Balaban J connectivity index is 2.22. The van der Waals surface area contributed by atoms with Gasteiger partial charge in [0.05, 0.1) is 15.6 Å². The maximum absolute atomic E-state index is 12.3. The molecule has 0 saturated heterocycles. The highest BCUT2D eigenvalue weighted by Gasteiger charge is 2.13. The summed E-state index contributed by atoms with van der Waals surface area (Å²) in [5.74, 6) is -0.752. The van der Waals surface area contributed by atoms with E-state index in [1.807, 2.05) is 19.9 Å². The highest BCUT2D eigenvalue weighted by molar-refractivity contribution is 7.85. The van der Waals surface area contributed by atoms with Crippen molar-refractivity contribution >= 4 is 39.0 Å². The highest BCUT2D eigenvalue weighted by atomic mass is 35.5. The molecule has 7 nitrogen and oxygen atoms in total. The van der Waals surface area contributed by atoms with Gasteiger partial charge in [0, 0.05) is 11.9 Å². The van der Waals surface area contributed by atoms with Crippen LogP contribution in [-0.4, -0.2) is 18.9 Å². The van der Waals surface area contributed by atoms with Crippen LogP contribution in [-0.2, 0) is 14.9 Å². The molecule has 27 heavy (non-hydrogen) atoms. The molecule has 0 aromatic heterocycles. The molecule has 0 radical (unpaired) electrons. The van der Waals surface area contributed by atoms with E-state index in [4.69, 9.17) is 16.2 Å². The van der Waals surface area contributed by atoms with Gasteiger partial charge >= 0.3 is 0 Å². The number of hydrogen-bond acceptors (Lipinski definition) is 5. The first-order valence-electron chi connectivity index (χ1n) is 7.64. The van der Waals surface area contributed by atoms with E-state index in [2.05, 4.69) is 10.6 Å². The molecule has 0 aliphatic rings. The number of carbonyl (C=O) groups excluding carboxylic acids is 1. The number of benzene rings is 2. The lowest BCUT2D eigenvalue weighted by molar-refractivity contribution is -0.112. The molecule has 0 saturated carbocycles. The zero-order chi connectivity index (χ0) is 20.2. The molecule has 0 heterocycles. The van der Waals surface area contributed by atoms with E-state index in [9.17, 15) is 18.5 Å². The van der Waals surface area contributed by atoms with Crippen molar-refractivity contribution < 1.29 is 17.8 Å². The summed E-state index contributed by atoms with van der Waals surface area (Å²) in [6.45, 7) is 3.73. The first kappa shape index (κ1) is 20.5. The second-order valence-electron chi connectivity index (χ2n) is 5.71. The Morgan fingerprint density at radius 3 is 2.56 bits per heavy atom. The van der Waals surface area contributed by atoms with Gasteiger partial charge in [-0.1, -0.05) is 23.7 Å². The molecule has 0 spiro atoms. The van der Waals surface area contributed by atoms with Crippen molar-refractivity contribution in [1.29, 1.82) is 5.26 Å². The summed E-state index contributed by atoms with van der Waals surface area (Å²) in [5, 5.41) is 14.9. The number of nitrogens with zero attached hydrogens (tertiary/aromatic N) is 1. The standard InChI is InChI=1S/C18H16ClN3O4S/c1-11-6-12(2)17(16(19)7-11)21-10-13(9-20)18(23)22-14-4-3-5-15(8-14)27(24,25)26/h3-8,10,21H,1-2H3,(H,22,23)(H,24,25,26)/b13-10-. The van der Waals surface area contributed by atoms with Crippen LogP contribution in [0.2, 0.25) is 5.02 Å². The molecule has 0 atom stereocenters. The molecule has 0 bridgehead atoms. The van der Waals surface area contributed by atoms with Crippen molar-refractivity contribution in [1.82, 2.24) is 0 Å². The monoisotopic (exact) mass is 405 g/mol. The Morgan fingerprint density at radius 1 is 1.26 bits per heavy atom. The summed E-state index contributed by atoms with van der Waals surface area (Å²) >= 11 is 6.18. The van der Waals surface area contributed by atoms with Crippen LogP contribution in [0.4, 0.5) is 11.4 Å². The quantitative estimate of drug-likeness (QED) is 0.396. The van der Waals surface area contributed by atoms with Crippen LogP contribution in [0.15, 0.2) is 53.1 Å². The molecule has 2 rings (SSSR count). The molecule has 0 aliphatic heterocycles. The fraction of sp³-hybridized carbons (Fsp3) is 0.111. The highest BCUT2D eigenvalue weighted by Crippen LogP contribution is 2.27. The van der Waals surface area contributed by atoms with E-state index in [-0.39, 0.29) is 16.2 Å². The molecular weight excluding hydrogens is 390 g/mol. The average molecular weight is 406 g/mol. The number of nitrogens with one attached hydrogen (secondary N) is 2. The molecule has 9 heteroatoms. The first-order chi connectivity index (χ1) is 12.6. The molecule has 3 N–H and O–H groups in total. The minimum absolute atomic E-state index is 0.112. The van der Waals surface area contributed by atoms with E-state index in [1.165, 1.54) is 24.4 Å². The largest absolute Gasteiger partial charge is 0.359 e. The van der Waals surface area contributed by atoms with Crippen LogP contribution in [0, 0.1) is 25.2 Å². The SMILES string of the molecule is Cc1cc(C)c(N/C=C(/C#N)C(=O)Nc2cccc(S(=O)(=O)O)c2)c(Cl)c1. The van der Waals surface area contributed by atoms with E-state index in [0.29, 0.717) is 10.7 Å². The van der Waals surface area contributed by atoms with E-state index < -0.39 is 16.0 Å². The minimum atomic E-state index is -4.40. The topological polar surface area (TPSA) is 119 Å². The van der Waals surface area contributed by atoms with E-state index >= 15 is 0 Å². The third-order valence-electron chi connectivity index (χ3n) is 3.55. The number of halogens is 1. The number of nitriles is 1. The second kappa shape index (κ2) is 8.22. The number of anilines is 2. The van der Waals surface area contributed by atoms with Gasteiger partial charge in [-0.15, -0.1) is 0 Å². The van der Waals surface area contributed by atoms with Crippen LogP contribution in [0.5, 0.6) is 0 Å². The van der Waals surface area contributed by atoms with Crippen LogP contribution >= 0.6 is 11.6 Å². The fourth-order valence-corrected chi connectivity index (χ4v) is 3.23. The zero-order valence-corrected chi connectivity index (χ0v) is 16.0. The Kier molecular flexibility index (Phi) is 6.23. The smallest absolute Gasteiger partial charge is 0.294 e. The summed E-state index contributed by atoms with van der Waals surface area (Å²) in [7, 11) is -4.40. The summed E-state index contributed by atoms with van der Waals surface area (Å²) in [6.07, 6.45) is 1.21. The van der Waals surface area contributed by atoms with Gasteiger partial charge in [0.1, 0.15) is 11.6 Å². The summed E-state index contributed by atoms with van der Waals surface area (Å²) in [5.41, 5.74) is 2.25. The zero-order valence-electron chi connectivity index (χ0n) is 14.4. The molecule has 0 unspecified atom stereocenters. The maximum atomic E-state index is 12.3. The van der Waals surface area contributed by atoms with Crippen LogP contribution < -0.4 is 10.6 Å². The molecule has 0 aliphatic carbocycles. The lowest BCUT2D eigenvalue weighted by atomic mass is 10.1. The first-order valence-corrected chi connectivity index (χ1v) is 9.46. The number of amides is 1. The van der Waals surface area contributed by atoms with Crippen molar-refractivity contribution in [2.75, 3.05) is 10.6 Å². The molecular formula is C18H16ClN3O4S. The summed E-state index contributed by atoms with van der Waals surface area (Å²) in [4.78, 5) is 11.9. The molecule has 2 aromatic carbocycles. The van der Waals surface area contributed by atoms with Gasteiger partial charge < -0.3 is 10.6 Å². The Hall–Kier alpha value is -2.86. The van der Waals surface area contributed by atoms with Gasteiger partial charge in [-0.2, -0.15) is 13.7 Å². The van der Waals surface area contributed by atoms with Crippen molar-refractivity contribution in [2.45, 2.75) is 18.7 Å². The number of hydrogen-bond donors (Lipinski definition) is 3. The van der Waals surface area contributed by atoms with Crippen molar-refractivity contribution in [3.63, 3.8) is 0 Å². The maximum Gasteiger partial charge on any atom is 0.294 e. The lowest BCUT2D eigenvalue weighted by Crippen LogP contribution is -2.15. The molecule has 2 aromatic rings. The predicted octanol–water partition coefficient (Wildman–Crippen LogP) is 3.66. The summed E-state index contributed by atoms with van der Waals surface area (Å²) in [6, 6.07) is 10.4. The number of rotatable bonds is 5. The molecule has 1 amide bonds. The molecule has 140 valence electrons. The van der Waals surface area contributed by atoms with Gasteiger partial charge in [0.15, 0.2) is 0 Å². The Bertz CT molecular complexity index is 1050. The van der Waals surface area contributed by atoms with Crippen molar-refractivity contribution in [2.24, 2.45) is 0 Å². The van der Waals surface area contributed by atoms with Crippen molar-refractivity contribution in [3.05, 3.63) is 64.3 Å². The van der Waals surface area contributed by atoms with Gasteiger partial charge in [0.25, 0.3) is 16.0 Å². The average Bonchev–Trinajstić information content (AvgIpc) is 2.56. The third kappa shape index (κ3) is 5.31. The van der Waals surface area contributed by atoms with Gasteiger partial charge in [-0.3, -0.25) is 9.35 Å². The van der Waals surface area contributed by atoms with Crippen LogP contribution in [0.25, 0.3) is 0 Å². The number of carbonyl (C=O) groups is 1. The lowest BCUT2D eigenvalue weighted by Gasteiger charge is -2.10. The molecule has 0 fully saturated rings. The van der Waals surface area contributed by atoms with Crippen LogP contribution in [0.3, 0.4) is 0 Å². The number of aryl methyl sites for hydroxylation is 2. The Morgan fingerprint density at radius 2 is 1.96 bits per heavy atom. The summed E-state index contributed by atoms with van der Waals surface area (Å²) < 4.78 is 31.4. The minimum Gasteiger partial charge on any atom is -0.359 e. The van der Waals surface area contributed by atoms with Gasteiger partial charge in [-0.05, 0) is 49.2 Å².